The Morgan fingerprint density at radius 1 is 1.62 bits per heavy atom. The van der Waals surface area contributed by atoms with E-state index in [4.69, 9.17) is 5.11 Å². The van der Waals surface area contributed by atoms with Crippen LogP contribution in [-0.2, 0) is 0 Å². The fraction of sp³-hybridized carbons (Fsp3) is 0.300. The van der Waals surface area contributed by atoms with Gasteiger partial charge in [-0.2, -0.15) is 0 Å². The molecule has 0 unspecified atom stereocenters. The van der Waals surface area contributed by atoms with Gasteiger partial charge in [-0.3, -0.25) is 4.79 Å². The van der Waals surface area contributed by atoms with Crippen LogP contribution < -0.4 is 5.32 Å². The van der Waals surface area contributed by atoms with Crippen molar-refractivity contribution in [3.05, 3.63) is 28.2 Å². The molecule has 0 saturated carbocycles. The van der Waals surface area contributed by atoms with E-state index in [2.05, 4.69) is 10.3 Å². The summed E-state index contributed by atoms with van der Waals surface area (Å²) in [7, 11) is 0. The van der Waals surface area contributed by atoms with Crippen molar-refractivity contribution in [3.63, 3.8) is 0 Å². The number of nitrogens with zero attached hydrogens (tertiary/aromatic N) is 1. The van der Waals surface area contributed by atoms with E-state index in [1.165, 1.54) is 5.38 Å². The first-order valence-corrected chi connectivity index (χ1v) is 5.61. The van der Waals surface area contributed by atoms with Crippen molar-refractivity contribution in [2.75, 3.05) is 6.54 Å². The number of allylic oxidation sites excluding steroid dienone is 1. The summed E-state index contributed by atoms with van der Waals surface area (Å²) in [4.78, 5) is 25.7. The van der Waals surface area contributed by atoms with Crippen LogP contribution >= 0.6 is 11.3 Å². The van der Waals surface area contributed by atoms with E-state index >= 15 is 0 Å². The molecule has 0 bridgehead atoms. The topological polar surface area (TPSA) is 79.3 Å². The molecule has 0 saturated heterocycles. The molecule has 6 heteroatoms. The lowest BCUT2D eigenvalue weighted by Crippen LogP contribution is -2.24. The van der Waals surface area contributed by atoms with Crippen LogP contribution in [-0.4, -0.2) is 28.5 Å². The van der Waals surface area contributed by atoms with Gasteiger partial charge in [0.2, 0.25) is 5.01 Å². The first-order chi connectivity index (χ1) is 7.65. The van der Waals surface area contributed by atoms with Crippen LogP contribution in [0.4, 0.5) is 0 Å². The summed E-state index contributed by atoms with van der Waals surface area (Å²) in [5, 5.41) is 12.6. The van der Waals surface area contributed by atoms with Gasteiger partial charge in [0.1, 0.15) is 5.69 Å². The molecular weight excluding hydrogens is 228 g/mol. The maximum atomic E-state index is 11.5. The third kappa shape index (κ3) is 3.47. The molecule has 1 aromatic rings. The Bertz CT molecular complexity index is 412. The first kappa shape index (κ1) is 12.4. The number of aromatic nitrogens is 1. The summed E-state index contributed by atoms with van der Waals surface area (Å²) in [5.74, 6) is -1.45. The smallest absolute Gasteiger partial charge is 0.365 e. The molecule has 1 amide bonds. The van der Waals surface area contributed by atoms with Gasteiger partial charge in [-0.1, -0.05) is 12.2 Å². The number of carbonyl (C=O) groups is 2. The Balaban J connectivity index is 2.49. The number of amides is 1. The molecule has 0 fully saturated rings. The van der Waals surface area contributed by atoms with Crippen molar-refractivity contribution in [1.82, 2.24) is 10.3 Å². The van der Waals surface area contributed by atoms with Gasteiger partial charge in [-0.15, -0.1) is 11.3 Å². The minimum Gasteiger partial charge on any atom is -0.476 e. The SMILES string of the molecule is C/C=C/CCNC(=O)c1csc(C(=O)O)n1. The lowest BCUT2D eigenvalue weighted by Gasteiger charge is -1.99. The lowest BCUT2D eigenvalue weighted by atomic mass is 10.3. The van der Waals surface area contributed by atoms with E-state index in [9.17, 15) is 9.59 Å². The maximum absolute atomic E-state index is 11.5. The third-order valence-electron chi connectivity index (χ3n) is 1.75. The average Bonchev–Trinajstić information content (AvgIpc) is 2.73. The summed E-state index contributed by atoms with van der Waals surface area (Å²) in [6.07, 6.45) is 4.58. The van der Waals surface area contributed by atoms with Gasteiger partial charge in [0.25, 0.3) is 5.91 Å². The average molecular weight is 240 g/mol. The fourth-order valence-corrected chi connectivity index (χ4v) is 1.64. The molecule has 0 radical (unpaired) electrons. The Hall–Kier alpha value is -1.69. The number of carbonyl (C=O) groups excluding carboxylic acids is 1. The zero-order valence-corrected chi connectivity index (χ0v) is 9.58. The number of hydrogen-bond acceptors (Lipinski definition) is 4. The van der Waals surface area contributed by atoms with Crippen LogP contribution in [0.2, 0.25) is 0 Å². The van der Waals surface area contributed by atoms with Gasteiger partial charge >= 0.3 is 5.97 Å². The molecule has 5 nitrogen and oxygen atoms in total. The quantitative estimate of drug-likeness (QED) is 0.604. The molecule has 1 rings (SSSR count). The monoisotopic (exact) mass is 240 g/mol. The van der Waals surface area contributed by atoms with Crippen molar-refractivity contribution in [2.45, 2.75) is 13.3 Å². The predicted octanol–water partition coefficient (Wildman–Crippen LogP) is 1.54. The van der Waals surface area contributed by atoms with Crippen LogP contribution in [0.15, 0.2) is 17.5 Å². The van der Waals surface area contributed by atoms with E-state index in [-0.39, 0.29) is 16.6 Å². The van der Waals surface area contributed by atoms with Crippen molar-refractivity contribution >= 4 is 23.2 Å². The number of carboxylic acid groups (broad SMARTS) is 1. The minimum absolute atomic E-state index is 0.0707. The zero-order valence-electron chi connectivity index (χ0n) is 8.77. The molecule has 1 heterocycles. The summed E-state index contributed by atoms with van der Waals surface area (Å²) in [5.41, 5.74) is 0.155. The predicted molar refractivity (Wildman–Crippen MR) is 60.8 cm³/mol. The molecule has 2 N–H and O–H groups in total. The molecule has 1 aromatic heterocycles. The van der Waals surface area contributed by atoms with Gasteiger partial charge in [0.05, 0.1) is 0 Å². The number of thiazole rings is 1. The number of hydrogen-bond donors (Lipinski definition) is 2. The van der Waals surface area contributed by atoms with Crippen LogP contribution in [0.1, 0.15) is 33.6 Å². The van der Waals surface area contributed by atoms with E-state index in [1.54, 1.807) is 0 Å². The van der Waals surface area contributed by atoms with Gasteiger partial charge < -0.3 is 10.4 Å². The lowest BCUT2D eigenvalue weighted by molar-refractivity contribution is 0.0696. The maximum Gasteiger partial charge on any atom is 0.365 e. The molecule has 0 aromatic carbocycles. The second-order valence-electron chi connectivity index (χ2n) is 2.96. The number of aromatic carboxylic acids is 1. The molecule has 16 heavy (non-hydrogen) atoms. The van der Waals surface area contributed by atoms with E-state index in [0.717, 1.165) is 17.8 Å². The Labute approximate surface area is 96.8 Å². The van der Waals surface area contributed by atoms with Gasteiger partial charge in [-0.05, 0) is 13.3 Å². The highest BCUT2D eigenvalue weighted by Gasteiger charge is 2.13. The second-order valence-corrected chi connectivity index (χ2v) is 3.81. The van der Waals surface area contributed by atoms with Gasteiger partial charge in [-0.25, -0.2) is 9.78 Å². The van der Waals surface area contributed by atoms with Crippen LogP contribution in [0.5, 0.6) is 0 Å². The largest absolute Gasteiger partial charge is 0.476 e. The second kappa shape index (κ2) is 6.02. The van der Waals surface area contributed by atoms with Crippen molar-refractivity contribution in [3.8, 4) is 0 Å². The summed E-state index contributed by atoms with van der Waals surface area (Å²) >= 11 is 0.944. The van der Waals surface area contributed by atoms with E-state index < -0.39 is 5.97 Å². The number of nitrogens with one attached hydrogen (secondary N) is 1. The number of carboxylic acids is 1. The molecule has 86 valence electrons. The van der Waals surface area contributed by atoms with Crippen molar-refractivity contribution in [1.29, 1.82) is 0 Å². The van der Waals surface area contributed by atoms with Crippen LogP contribution in [0, 0.1) is 0 Å². The molecular formula is C10H12N2O3S. The molecule has 0 aliphatic rings. The van der Waals surface area contributed by atoms with Gasteiger partial charge in [0.15, 0.2) is 0 Å². The van der Waals surface area contributed by atoms with E-state index in [1.807, 2.05) is 19.1 Å². The molecule has 0 aliphatic heterocycles. The molecule has 0 atom stereocenters. The van der Waals surface area contributed by atoms with Crippen LogP contribution in [0.3, 0.4) is 0 Å². The summed E-state index contributed by atoms with van der Waals surface area (Å²) in [6.45, 7) is 2.42. The minimum atomic E-state index is -1.11. The Morgan fingerprint density at radius 3 is 2.94 bits per heavy atom. The Morgan fingerprint density at radius 2 is 2.38 bits per heavy atom. The first-order valence-electron chi connectivity index (χ1n) is 4.73. The van der Waals surface area contributed by atoms with E-state index in [0.29, 0.717) is 6.54 Å². The van der Waals surface area contributed by atoms with Gasteiger partial charge in [0, 0.05) is 11.9 Å². The van der Waals surface area contributed by atoms with Crippen LogP contribution in [0.25, 0.3) is 0 Å². The molecule has 0 aliphatic carbocycles. The summed E-state index contributed by atoms with van der Waals surface area (Å²) in [6, 6.07) is 0. The highest BCUT2D eigenvalue weighted by atomic mass is 32.1. The van der Waals surface area contributed by atoms with Crippen molar-refractivity contribution in [2.24, 2.45) is 0 Å². The molecule has 0 spiro atoms. The zero-order chi connectivity index (χ0) is 12.0. The van der Waals surface area contributed by atoms with Crippen molar-refractivity contribution < 1.29 is 14.7 Å². The Kier molecular flexibility index (Phi) is 4.65. The standard InChI is InChI=1S/C10H12N2O3S/c1-2-3-4-5-11-8(13)7-6-16-9(12-7)10(14)15/h2-3,6H,4-5H2,1H3,(H,11,13)(H,14,15)/b3-2+. The number of rotatable bonds is 5. The highest BCUT2D eigenvalue weighted by Crippen LogP contribution is 2.09. The third-order valence-corrected chi connectivity index (χ3v) is 2.58. The highest BCUT2D eigenvalue weighted by molar-refractivity contribution is 7.11. The fourth-order valence-electron chi connectivity index (χ4n) is 1.00. The normalized spacial score (nSPS) is 10.6. The summed E-state index contributed by atoms with van der Waals surface area (Å²) < 4.78 is 0.